The zero-order valence-electron chi connectivity index (χ0n) is 21.1. The van der Waals surface area contributed by atoms with Crippen molar-refractivity contribution in [2.45, 2.75) is 26.0 Å². The molecule has 0 spiro atoms. The first-order chi connectivity index (χ1) is 18.7. The normalized spacial score (nSPS) is 11.4. The molecule has 0 fully saturated rings. The maximum atomic E-state index is 14.4. The van der Waals surface area contributed by atoms with Gasteiger partial charge in [-0.15, -0.1) is 0 Å². The minimum atomic E-state index is -1.33. The number of ether oxygens (including phenoxy) is 1. The fourth-order valence-electron chi connectivity index (χ4n) is 3.95. The first-order valence-corrected chi connectivity index (χ1v) is 12.0. The van der Waals surface area contributed by atoms with Crippen LogP contribution in [0.3, 0.4) is 0 Å². The van der Waals surface area contributed by atoms with Crippen molar-refractivity contribution in [2.24, 2.45) is 0 Å². The summed E-state index contributed by atoms with van der Waals surface area (Å²) >= 11 is 0. The number of nitrogens with two attached hydrogens (primary N) is 1. The van der Waals surface area contributed by atoms with Gasteiger partial charge in [-0.05, 0) is 38.1 Å². The Morgan fingerprint density at radius 2 is 1.85 bits per heavy atom. The second-order valence-electron chi connectivity index (χ2n) is 9.17. The molecule has 3 N–H and O–H groups in total. The Balaban J connectivity index is 1.43. The number of hydrogen-bond donors (Lipinski definition) is 2. The van der Waals surface area contributed by atoms with E-state index in [0.717, 1.165) is 0 Å². The summed E-state index contributed by atoms with van der Waals surface area (Å²) in [6.45, 7) is 3.28. The van der Waals surface area contributed by atoms with Crippen LogP contribution in [-0.2, 0) is 11.3 Å². The molecule has 0 aliphatic rings. The maximum Gasteiger partial charge on any atom is 0.224 e. The van der Waals surface area contributed by atoms with Gasteiger partial charge in [0.25, 0.3) is 0 Å². The number of aromatic nitrogens is 5. The number of Topliss-reactive ketones (excluding diaryl/α,β-unsaturated/α-hetero) is 1. The lowest BCUT2D eigenvalue weighted by Crippen LogP contribution is -2.43. The van der Waals surface area contributed by atoms with Gasteiger partial charge < -0.3 is 15.0 Å². The number of rotatable bonds is 9. The molecular formula is C28H24FN7O3. The van der Waals surface area contributed by atoms with Crippen LogP contribution in [0.1, 0.15) is 25.0 Å². The quantitative estimate of drug-likeness (QED) is 0.266. The molecule has 0 radical (unpaired) electrons. The van der Waals surface area contributed by atoms with Crippen molar-refractivity contribution < 1.29 is 18.4 Å². The number of ketones is 1. The molecule has 196 valence electrons. The molecule has 10 nitrogen and oxygen atoms in total. The Bertz CT molecular complexity index is 1650. The van der Waals surface area contributed by atoms with E-state index in [4.69, 9.17) is 20.4 Å². The number of nitrogen functional groups attached to an aromatic ring is 1. The van der Waals surface area contributed by atoms with Gasteiger partial charge in [-0.2, -0.15) is 5.10 Å². The van der Waals surface area contributed by atoms with Crippen molar-refractivity contribution in [3.8, 4) is 28.7 Å². The Hall–Kier alpha value is -5.19. The number of carbonyl (C=O) groups is 1. The van der Waals surface area contributed by atoms with Crippen LogP contribution in [0.15, 0.2) is 83.7 Å². The number of anilines is 1. The molecule has 0 aliphatic heterocycles. The third-order valence-corrected chi connectivity index (χ3v) is 5.96. The van der Waals surface area contributed by atoms with Crippen molar-refractivity contribution in [3.05, 3.63) is 96.1 Å². The number of para-hydroxylation sites is 1. The molecule has 39 heavy (non-hydrogen) atoms. The molecule has 0 saturated carbocycles. The van der Waals surface area contributed by atoms with E-state index in [1.807, 2.05) is 6.07 Å². The van der Waals surface area contributed by atoms with Crippen molar-refractivity contribution >= 4 is 17.3 Å². The van der Waals surface area contributed by atoms with Crippen molar-refractivity contribution in [1.29, 1.82) is 5.41 Å². The monoisotopic (exact) mass is 525 g/mol. The molecule has 0 atom stereocenters. The predicted molar refractivity (Wildman–Crippen MR) is 142 cm³/mol. The SMILES string of the molecule is CC(C)(Oc1ccccc1)C(=O)C(=N)c1cnc(-c2cc(-c3ccon3)n(Cc3ccccc3F)n2)nc1N. The van der Waals surface area contributed by atoms with Crippen molar-refractivity contribution in [1.82, 2.24) is 24.9 Å². The fraction of sp³-hybridized carbons (Fsp3) is 0.143. The van der Waals surface area contributed by atoms with E-state index in [9.17, 15) is 9.18 Å². The van der Waals surface area contributed by atoms with Gasteiger partial charge in [-0.1, -0.05) is 41.6 Å². The molecular weight excluding hydrogens is 501 g/mol. The molecule has 3 aromatic heterocycles. The Morgan fingerprint density at radius 3 is 2.54 bits per heavy atom. The van der Waals surface area contributed by atoms with Crippen LogP contribution in [0.5, 0.6) is 5.75 Å². The van der Waals surface area contributed by atoms with Gasteiger partial charge in [-0.3, -0.25) is 14.9 Å². The summed E-state index contributed by atoms with van der Waals surface area (Å²) in [5, 5.41) is 17.0. The summed E-state index contributed by atoms with van der Waals surface area (Å²) in [7, 11) is 0. The topological polar surface area (TPSA) is 146 Å². The Kier molecular flexibility index (Phi) is 6.72. The maximum absolute atomic E-state index is 14.4. The molecule has 11 heteroatoms. The molecule has 2 aromatic carbocycles. The lowest BCUT2D eigenvalue weighted by Gasteiger charge is -2.25. The van der Waals surface area contributed by atoms with Crippen LogP contribution < -0.4 is 10.5 Å². The number of carbonyl (C=O) groups excluding carboxylic acids is 1. The van der Waals surface area contributed by atoms with Crippen LogP contribution in [0.25, 0.3) is 22.9 Å². The van der Waals surface area contributed by atoms with Gasteiger partial charge in [-0.25, -0.2) is 14.4 Å². The molecule has 0 amide bonds. The number of hydrogen-bond acceptors (Lipinski definition) is 9. The minimum absolute atomic E-state index is 0.0657. The van der Waals surface area contributed by atoms with E-state index >= 15 is 0 Å². The van der Waals surface area contributed by atoms with Gasteiger partial charge in [0.2, 0.25) is 5.78 Å². The van der Waals surface area contributed by atoms with E-state index in [0.29, 0.717) is 28.4 Å². The predicted octanol–water partition coefficient (Wildman–Crippen LogP) is 4.56. The second-order valence-corrected chi connectivity index (χ2v) is 9.17. The zero-order valence-corrected chi connectivity index (χ0v) is 21.1. The van der Waals surface area contributed by atoms with Gasteiger partial charge in [0, 0.05) is 17.8 Å². The van der Waals surface area contributed by atoms with Crippen LogP contribution >= 0.6 is 0 Å². The van der Waals surface area contributed by atoms with E-state index in [1.54, 1.807) is 73.1 Å². The smallest absolute Gasteiger partial charge is 0.224 e. The summed E-state index contributed by atoms with van der Waals surface area (Å²) in [6, 6.07) is 18.6. The molecule has 0 aliphatic carbocycles. The van der Waals surface area contributed by atoms with Crippen LogP contribution in [0, 0.1) is 11.2 Å². The number of nitrogens with one attached hydrogen (secondary N) is 1. The average Bonchev–Trinajstić information content (AvgIpc) is 3.60. The van der Waals surface area contributed by atoms with Crippen molar-refractivity contribution in [2.75, 3.05) is 5.73 Å². The molecule has 0 unspecified atom stereocenters. The molecule has 3 heterocycles. The summed E-state index contributed by atoms with van der Waals surface area (Å²) in [5.74, 6) is -0.365. The van der Waals surface area contributed by atoms with Gasteiger partial charge >= 0.3 is 0 Å². The fourth-order valence-corrected chi connectivity index (χ4v) is 3.95. The van der Waals surface area contributed by atoms with Gasteiger partial charge in [0.05, 0.1) is 17.8 Å². The lowest BCUT2D eigenvalue weighted by atomic mass is 9.95. The summed E-state index contributed by atoms with van der Waals surface area (Å²) in [6.07, 6.45) is 2.73. The Labute approximate surface area is 222 Å². The molecule has 0 saturated heterocycles. The molecule has 5 aromatic rings. The molecule has 0 bridgehead atoms. The highest BCUT2D eigenvalue weighted by molar-refractivity contribution is 6.48. The van der Waals surface area contributed by atoms with Crippen molar-refractivity contribution in [3.63, 3.8) is 0 Å². The zero-order chi connectivity index (χ0) is 27.6. The number of benzene rings is 2. The summed E-state index contributed by atoms with van der Waals surface area (Å²) in [4.78, 5) is 21.8. The van der Waals surface area contributed by atoms with Gasteiger partial charge in [0.1, 0.15) is 40.7 Å². The minimum Gasteiger partial charge on any atom is -0.480 e. The van der Waals surface area contributed by atoms with E-state index in [1.165, 1.54) is 18.5 Å². The van der Waals surface area contributed by atoms with Crippen LogP contribution in [0.4, 0.5) is 10.2 Å². The van der Waals surface area contributed by atoms with E-state index in [-0.39, 0.29) is 35.3 Å². The van der Waals surface area contributed by atoms with E-state index in [2.05, 4.69) is 20.2 Å². The number of halogens is 1. The highest BCUT2D eigenvalue weighted by Gasteiger charge is 2.34. The average molecular weight is 526 g/mol. The standard InChI is InChI=1S/C28H24FN7O3/c1-28(2,39-18-9-4-3-5-10-18)25(37)24(30)19-15-32-27(33-26(19)31)22-14-23(21-12-13-38-35-21)36(34-22)16-17-8-6-7-11-20(17)29/h3-15,30H,16H2,1-2H3,(H2,31,32,33). The first-order valence-electron chi connectivity index (χ1n) is 12.0. The van der Waals surface area contributed by atoms with E-state index < -0.39 is 11.4 Å². The number of nitrogens with zero attached hydrogens (tertiary/aromatic N) is 5. The highest BCUT2D eigenvalue weighted by atomic mass is 19.1. The van der Waals surface area contributed by atoms with Crippen LogP contribution in [-0.4, -0.2) is 42.0 Å². The van der Waals surface area contributed by atoms with Crippen LogP contribution in [0.2, 0.25) is 0 Å². The summed E-state index contributed by atoms with van der Waals surface area (Å²) in [5.41, 5.74) is 6.34. The molecule has 5 rings (SSSR count). The first kappa shape index (κ1) is 25.5. The summed E-state index contributed by atoms with van der Waals surface area (Å²) < 4.78 is 26.7. The largest absolute Gasteiger partial charge is 0.480 e. The third-order valence-electron chi connectivity index (χ3n) is 5.96. The lowest BCUT2D eigenvalue weighted by molar-refractivity contribution is -0.124. The highest BCUT2D eigenvalue weighted by Crippen LogP contribution is 2.27. The third kappa shape index (κ3) is 5.28. The Morgan fingerprint density at radius 1 is 1.10 bits per heavy atom. The van der Waals surface area contributed by atoms with Gasteiger partial charge in [0.15, 0.2) is 11.4 Å². The second kappa shape index (κ2) is 10.3.